The molecule has 0 spiro atoms. The molecule has 1 aliphatic rings. The van der Waals surface area contributed by atoms with Gasteiger partial charge in [-0.2, -0.15) is 0 Å². The van der Waals surface area contributed by atoms with Gasteiger partial charge in [0, 0.05) is 35.3 Å². The Morgan fingerprint density at radius 1 is 1.44 bits per heavy atom. The predicted octanol–water partition coefficient (Wildman–Crippen LogP) is 3.29. The molecule has 0 atom stereocenters. The number of anilines is 1. The third-order valence-electron chi connectivity index (χ3n) is 2.84. The lowest BCUT2D eigenvalue weighted by atomic mass is 10.0. The molecule has 1 heterocycles. The second-order valence-corrected chi connectivity index (χ2v) is 6.09. The summed E-state index contributed by atoms with van der Waals surface area (Å²) >= 11 is 9.46. The molecule has 0 unspecified atom stereocenters. The first-order valence-electron chi connectivity index (χ1n) is 5.43. The Kier molecular flexibility index (Phi) is 3.48. The molecule has 0 aromatic heterocycles. The molecule has 1 fully saturated rings. The first kappa shape index (κ1) is 12.2. The Balaban J connectivity index is 2.20. The predicted molar refractivity (Wildman–Crippen MR) is 73.4 cm³/mol. The van der Waals surface area contributed by atoms with Crippen LogP contribution in [0.2, 0.25) is 5.02 Å². The number of nitrogens with one attached hydrogen (secondary N) is 1. The lowest BCUT2D eigenvalue weighted by molar-refractivity contribution is 0.353. The van der Waals surface area contributed by atoms with E-state index in [2.05, 4.69) is 52.1 Å². The SMILES string of the molecule is CC1(C)CN(c2ccc(Cl)c(Br)c2)CCN1. The summed E-state index contributed by atoms with van der Waals surface area (Å²) in [6.07, 6.45) is 0. The summed E-state index contributed by atoms with van der Waals surface area (Å²) in [7, 11) is 0. The van der Waals surface area contributed by atoms with Crippen LogP contribution in [0.4, 0.5) is 5.69 Å². The van der Waals surface area contributed by atoms with Crippen LogP contribution in [0.15, 0.2) is 22.7 Å². The van der Waals surface area contributed by atoms with E-state index >= 15 is 0 Å². The number of rotatable bonds is 1. The van der Waals surface area contributed by atoms with Crippen molar-refractivity contribution >= 4 is 33.2 Å². The minimum absolute atomic E-state index is 0.171. The Hall–Kier alpha value is -0.250. The molecule has 1 saturated heterocycles. The van der Waals surface area contributed by atoms with E-state index in [-0.39, 0.29) is 5.54 Å². The van der Waals surface area contributed by atoms with Crippen molar-refractivity contribution in [2.24, 2.45) is 0 Å². The largest absolute Gasteiger partial charge is 0.368 e. The van der Waals surface area contributed by atoms with Crippen molar-refractivity contribution in [3.05, 3.63) is 27.7 Å². The summed E-state index contributed by atoms with van der Waals surface area (Å²) in [5.41, 5.74) is 1.40. The first-order valence-corrected chi connectivity index (χ1v) is 6.60. The maximum atomic E-state index is 6.00. The summed E-state index contributed by atoms with van der Waals surface area (Å²) in [5, 5.41) is 4.27. The molecule has 0 saturated carbocycles. The maximum absolute atomic E-state index is 6.00. The zero-order valence-corrected chi connectivity index (χ0v) is 11.9. The minimum atomic E-state index is 0.171. The van der Waals surface area contributed by atoms with Crippen molar-refractivity contribution < 1.29 is 0 Å². The summed E-state index contributed by atoms with van der Waals surface area (Å²) in [6.45, 7) is 7.53. The number of nitrogens with zero attached hydrogens (tertiary/aromatic N) is 1. The fourth-order valence-electron chi connectivity index (χ4n) is 2.04. The van der Waals surface area contributed by atoms with Gasteiger partial charge in [-0.3, -0.25) is 0 Å². The molecule has 0 bridgehead atoms. The smallest absolute Gasteiger partial charge is 0.0549 e. The molecule has 16 heavy (non-hydrogen) atoms. The van der Waals surface area contributed by atoms with E-state index in [0.717, 1.165) is 29.1 Å². The van der Waals surface area contributed by atoms with Gasteiger partial charge < -0.3 is 10.2 Å². The first-order chi connectivity index (χ1) is 7.48. The molecule has 1 aromatic carbocycles. The average Bonchev–Trinajstić information content (AvgIpc) is 2.20. The third kappa shape index (κ3) is 2.70. The second-order valence-electron chi connectivity index (χ2n) is 4.83. The van der Waals surface area contributed by atoms with Crippen LogP contribution in [-0.4, -0.2) is 25.2 Å². The van der Waals surface area contributed by atoms with Gasteiger partial charge in [0.2, 0.25) is 0 Å². The van der Waals surface area contributed by atoms with Crippen LogP contribution in [0, 0.1) is 0 Å². The van der Waals surface area contributed by atoms with Crippen molar-refractivity contribution in [1.82, 2.24) is 5.32 Å². The Labute approximate surface area is 110 Å². The van der Waals surface area contributed by atoms with E-state index < -0.39 is 0 Å². The summed E-state index contributed by atoms with van der Waals surface area (Å²) in [4.78, 5) is 2.39. The van der Waals surface area contributed by atoms with Gasteiger partial charge in [-0.15, -0.1) is 0 Å². The van der Waals surface area contributed by atoms with Crippen LogP contribution >= 0.6 is 27.5 Å². The standard InChI is InChI=1S/C12H16BrClN2/c1-12(2)8-16(6-5-15-12)9-3-4-11(14)10(13)7-9/h3-4,7,15H,5-6,8H2,1-2H3. The van der Waals surface area contributed by atoms with Crippen LogP contribution in [-0.2, 0) is 0 Å². The minimum Gasteiger partial charge on any atom is -0.368 e. The van der Waals surface area contributed by atoms with Crippen molar-refractivity contribution in [3.8, 4) is 0 Å². The average molecular weight is 304 g/mol. The molecule has 1 N–H and O–H groups in total. The number of halogens is 2. The topological polar surface area (TPSA) is 15.3 Å². The quantitative estimate of drug-likeness (QED) is 0.856. The summed E-state index contributed by atoms with van der Waals surface area (Å²) in [5.74, 6) is 0. The van der Waals surface area contributed by atoms with E-state index in [1.807, 2.05) is 6.07 Å². The molecule has 0 amide bonds. The molecule has 2 rings (SSSR count). The second kappa shape index (κ2) is 4.55. The van der Waals surface area contributed by atoms with Gasteiger partial charge in [0.05, 0.1) is 5.02 Å². The van der Waals surface area contributed by atoms with Crippen LogP contribution in [0.1, 0.15) is 13.8 Å². The highest BCUT2D eigenvalue weighted by molar-refractivity contribution is 9.10. The Morgan fingerprint density at radius 3 is 2.81 bits per heavy atom. The molecule has 1 aromatic rings. The summed E-state index contributed by atoms with van der Waals surface area (Å²) in [6, 6.07) is 6.11. The molecule has 0 aliphatic carbocycles. The number of piperazine rings is 1. The molecule has 0 radical (unpaired) electrons. The number of benzene rings is 1. The maximum Gasteiger partial charge on any atom is 0.0549 e. The van der Waals surface area contributed by atoms with E-state index in [9.17, 15) is 0 Å². The Bertz CT molecular complexity index is 393. The lowest BCUT2D eigenvalue weighted by Gasteiger charge is -2.40. The van der Waals surface area contributed by atoms with Gasteiger partial charge >= 0.3 is 0 Å². The van der Waals surface area contributed by atoms with Crippen LogP contribution in [0.25, 0.3) is 0 Å². The van der Waals surface area contributed by atoms with Crippen molar-refractivity contribution in [2.75, 3.05) is 24.5 Å². The van der Waals surface area contributed by atoms with Crippen LogP contribution in [0.5, 0.6) is 0 Å². The van der Waals surface area contributed by atoms with Crippen molar-refractivity contribution in [1.29, 1.82) is 0 Å². The van der Waals surface area contributed by atoms with Gasteiger partial charge in [-0.1, -0.05) is 11.6 Å². The highest BCUT2D eigenvalue weighted by Crippen LogP contribution is 2.28. The van der Waals surface area contributed by atoms with Gasteiger partial charge in [0.1, 0.15) is 0 Å². The summed E-state index contributed by atoms with van der Waals surface area (Å²) < 4.78 is 0.961. The number of hydrogen-bond acceptors (Lipinski definition) is 2. The number of hydrogen-bond donors (Lipinski definition) is 1. The van der Waals surface area contributed by atoms with E-state index in [0.29, 0.717) is 0 Å². The lowest BCUT2D eigenvalue weighted by Crippen LogP contribution is -2.57. The fourth-order valence-corrected chi connectivity index (χ4v) is 2.53. The van der Waals surface area contributed by atoms with Gasteiger partial charge in [-0.25, -0.2) is 0 Å². The highest BCUT2D eigenvalue weighted by Gasteiger charge is 2.25. The van der Waals surface area contributed by atoms with Gasteiger partial charge in [-0.05, 0) is 48.0 Å². The normalized spacial score (nSPS) is 19.9. The van der Waals surface area contributed by atoms with E-state index in [4.69, 9.17) is 11.6 Å². The Morgan fingerprint density at radius 2 is 2.19 bits per heavy atom. The van der Waals surface area contributed by atoms with Crippen LogP contribution in [0.3, 0.4) is 0 Å². The van der Waals surface area contributed by atoms with Crippen molar-refractivity contribution in [2.45, 2.75) is 19.4 Å². The van der Waals surface area contributed by atoms with Gasteiger partial charge in [0.15, 0.2) is 0 Å². The highest BCUT2D eigenvalue weighted by atomic mass is 79.9. The molecule has 1 aliphatic heterocycles. The third-order valence-corrected chi connectivity index (χ3v) is 4.05. The molecule has 4 heteroatoms. The fraction of sp³-hybridized carbons (Fsp3) is 0.500. The molecule has 88 valence electrons. The molecule has 2 nitrogen and oxygen atoms in total. The zero-order valence-electron chi connectivity index (χ0n) is 9.56. The molecular weight excluding hydrogens is 288 g/mol. The van der Waals surface area contributed by atoms with E-state index in [1.54, 1.807) is 0 Å². The molecular formula is C12H16BrClN2. The van der Waals surface area contributed by atoms with Crippen molar-refractivity contribution in [3.63, 3.8) is 0 Å². The van der Waals surface area contributed by atoms with Gasteiger partial charge in [0.25, 0.3) is 0 Å². The zero-order chi connectivity index (χ0) is 11.8. The van der Waals surface area contributed by atoms with Crippen LogP contribution < -0.4 is 10.2 Å². The van der Waals surface area contributed by atoms with E-state index in [1.165, 1.54) is 5.69 Å². The monoisotopic (exact) mass is 302 g/mol.